The molecule has 0 aliphatic carbocycles. The predicted octanol–water partition coefficient (Wildman–Crippen LogP) is 1.65. The third kappa shape index (κ3) is 5.50. The second-order valence-corrected chi connectivity index (χ2v) is 4.49. The number of carbonyl (C=O) groups excluding carboxylic acids is 1. The number of rotatable bonds is 9. The lowest BCUT2D eigenvalue weighted by molar-refractivity contribution is -0.150. The molecule has 0 heterocycles. The molecule has 1 unspecified atom stereocenters. The van der Waals surface area contributed by atoms with Gasteiger partial charge >= 0.3 is 5.97 Å². The molecule has 4 heteroatoms. The Kier molecular flexibility index (Phi) is 8.17. The molecule has 0 spiro atoms. The normalized spacial score (nSPS) is 14.7. The zero-order valence-corrected chi connectivity index (χ0v) is 12.0. The Morgan fingerprint density at radius 2 is 1.94 bits per heavy atom. The van der Waals surface area contributed by atoms with E-state index in [1.807, 2.05) is 20.9 Å². The summed E-state index contributed by atoms with van der Waals surface area (Å²) in [5.74, 6) is -0.157. The second-order valence-electron chi connectivity index (χ2n) is 4.49. The highest BCUT2D eigenvalue weighted by atomic mass is 16.5. The maximum atomic E-state index is 11.9. The van der Waals surface area contributed by atoms with Crippen LogP contribution in [0.1, 0.15) is 40.5 Å². The van der Waals surface area contributed by atoms with Crippen LogP contribution in [0.3, 0.4) is 0 Å². The van der Waals surface area contributed by atoms with E-state index in [0.29, 0.717) is 6.61 Å². The summed E-state index contributed by atoms with van der Waals surface area (Å²) < 4.78 is 5.10. The minimum absolute atomic E-state index is 0.157. The number of likely N-dealkylation sites (N-methyl/N-ethyl adjacent to an activating group) is 1. The van der Waals surface area contributed by atoms with Crippen molar-refractivity contribution in [3.8, 4) is 0 Å². The van der Waals surface area contributed by atoms with E-state index in [9.17, 15) is 4.79 Å². The summed E-state index contributed by atoms with van der Waals surface area (Å²) in [4.78, 5) is 14.2. The zero-order chi connectivity index (χ0) is 13.3. The maximum Gasteiger partial charge on any atom is 0.326 e. The summed E-state index contributed by atoms with van der Waals surface area (Å²) in [6.45, 7) is 11.5. The van der Waals surface area contributed by atoms with Gasteiger partial charge in [-0.3, -0.25) is 4.79 Å². The van der Waals surface area contributed by atoms with Crippen molar-refractivity contribution in [1.82, 2.24) is 10.2 Å². The van der Waals surface area contributed by atoms with E-state index in [-0.39, 0.29) is 5.97 Å². The lowest BCUT2D eigenvalue weighted by Crippen LogP contribution is -2.50. The molecule has 0 aromatic carbocycles. The van der Waals surface area contributed by atoms with Crippen molar-refractivity contribution in [1.29, 1.82) is 0 Å². The van der Waals surface area contributed by atoms with Gasteiger partial charge in [-0.1, -0.05) is 13.8 Å². The second kappa shape index (κ2) is 8.48. The van der Waals surface area contributed by atoms with E-state index >= 15 is 0 Å². The van der Waals surface area contributed by atoms with Crippen LogP contribution in [-0.2, 0) is 9.53 Å². The molecule has 0 amide bonds. The van der Waals surface area contributed by atoms with Crippen molar-refractivity contribution in [2.75, 3.05) is 33.3 Å². The third-order valence-electron chi connectivity index (χ3n) is 3.19. The summed E-state index contributed by atoms with van der Waals surface area (Å²) in [6, 6.07) is 0. The fraction of sp³-hybridized carbons (Fsp3) is 0.923. The van der Waals surface area contributed by atoms with Gasteiger partial charge in [-0.15, -0.1) is 0 Å². The Balaban J connectivity index is 4.31. The average molecular weight is 244 g/mol. The van der Waals surface area contributed by atoms with Crippen LogP contribution in [0.25, 0.3) is 0 Å². The lowest BCUT2D eigenvalue weighted by atomic mass is 9.98. The molecule has 1 atom stereocenters. The monoisotopic (exact) mass is 244 g/mol. The molecule has 0 fully saturated rings. The Morgan fingerprint density at radius 3 is 2.35 bits per heavy atom. The van der Waals surface area contributed by atoms with Crippen LogP contribution in [0.5, 0.6) is 0 Å². The van der Waals surface area contributed by atoms with Gasteiger partial charge in [-0.25, -0.2) is 0 Å². The van der Waals surface area contributed by atoms with Gasteiger partial charge in [0.05, 0.1) is 6.61 Å². The van der Waals surface area contributed by atoms with Crippen molar-refractivity contribution < 1.29 is 9.53 Å². The smallest absolute Gasteiger partial charge is 0.326 e. The molecule has 0 saturated carbocycles. The van der Waals surface area contributed by atoms with Crippen LogP contribution in [0, 0.1) is 0 Å². The number of ether oxygens (including phenoxy) is 1. The summed E-state index contributed by atoms with van der Waals surface area (Å²) in [6.07, 6.45) is 1.92. The van der Waals surface area contributed by atoms with E-state index in [4.69, 9.17) is 4.74 Å². The minimum atomic E-state index is -0.572. The van der Waals surface area contributed by atoms with Crippen LogP contribution in [-0.4, -0.2) is 49.7 Å². The topological polar surface area (TPSA) is 41.6 Å². The first-order valence-corrected chi connectivity index (χ1v) is 6.62. The number of nitrogens with one attached hydrogen (secondary N) is 1. The number of hydrogen-bond acceptors (Lipinski definition) is 4. The molecule has 102 valence electrons. The van der Waals surface area contributed by atoms with Crippen LogP contribution in [0.4, 0.5) is 0 Å². The molecule has 0 aliphatic rings. The Bertz CT molecular complexity index is 221. The molecule has 17 heavy (non-hydrogen) atoms. The van der Waals surface area contributed by atoms with Gasteiger partial charge in [0.1, 0.15) is 5.54 Å². The molecule has 0 bridgehead atoms. The van der Waals surface area contributed by atoms with Gasteiger partial charge in [0, 0.05) is 6.54 Å². The van der Waals surface area contributed by atoms with Crippen molar-refractivity contribution in [3.05, 3.63) is 0 Å². The molecule has 0 radical (unpaired) electrons. The van der Waals surface area contributed by atoms with Gasteiger partial charge in [0.25, 0.3) is 0 Å². The van der Waals surface area contributed by atoms with E-state index in [1.54, 1.807) is 0 Å². The van der Waals surface area contributed by atoms with Crippen LogP contribution in [0.15, 0.2) is 0 Å². The third-order valence-corrected chi connectivity index (χ3v) is 3.19. The minimum Gasteiger partial charge on any atom is -0.465 e. The highest BCUT2D eigenvalue weighted by Crippen LogP contribution is 2.12. The fourth-order valence-corrected chi connectivity index (χ4v) is 1.75. The quantitative estimate of drug-likeness (QED) is 0.626. The van der Waals surface area contributed by atoms with Crippen molar-refractivity contribution >= 4 is 5.97 Å². The van der Waals surface area contributed by atoms with Crippen molar-refractivity contribution in [2.45, 2.75) is 46.1 Å². The number of nitrogens with zero attached hydrogens (tertiary/aromatic N) is 1. The molecule has 1 N–H and O–H groups in total. The van der Waals surface area contributed by atoms with Crippen molar-refractivity contribution in [3.63, 3.8) is 0 Å². The Hall–Kier alpha value is -0.610. The SMILES string of the molecule is CCCN(CC)CCC(C)(NC)C(=O)OCC. The molecule has 0 rings (SSSR count). The average Bonchev–Trinajstić information content (AvgIpc) is 2.34. The number of hydrogen-bond donors (Lipinski definition) is 1. The van der Waals surface area contributed by atoms with Gasteiger partial charge in [0.2, 0.25) is 0 Å². The standard InChI is InChI=1S/C13H28N2O2/c1-6-10-15(7-2)11-9-13(4,14-5)12(16)17-8-3/h14H,6-11H2,1-5H3. The first kappa shape index (κ1) is 16.4. The molecular weight excluding hydrogens is 216 g/mol. The summed E-state index contributed by atoms with van der Waals surface area (Å²) >= 11 is 0. The first-order chi connectivity index (χ1) is 8.03. The zero-order valence-electron chi connectivity index (χ0n) is 12.0. The van der Waals surface area contributed by atoms with Crippen LogP contribution in [0.2, 0.25) is 0 Å². The highest BCUT2D eigenvalue weighted by Gasteiger charge is 2.32. The molecule has 0 aromatic heterocycles. The maximum absolute atomic E-state index is 11.9. The van der Waals surface area contributed by atoms with Crippen molar-refractivity contribution in [2.24, 2.45) is 0 Å². The summed E-state index contributed by atoms with van der Waals surface area (Å²) in [5.41, 5.74) is -0.572. The van der Waals surface area contributed by atoms with Gasteiger partial charge in [0.15, 0.2) is 0 Å². The predicted molar refractivity (Wildman–Crippen MR) is 71.1 cm³/mol. The van der Waals surface area contributed by atoms with Gasteiger partial charge in [-0.2, -0.15) is 0 Å². The summed E-state index contributed by atoms with van der Waals surface area (Å²) in [7, 11) is 1.81. The number of carbonyl (C=O) groups is 1. The molecular formula is C13H28N2O2. The van der Waals surface area contributed by atoms with E-state index in [1.165, 1.54) is 0 Å². The molecule has 4 nitrogen and oxygen atoms in total. The first-order valence-electron chi connectivity index (χ1n) is 6.62. The van der Waals surface area contributed by atoms with E-state index < -0.39 is 5.54 Å². The lowest BCUT2D eigenvalue weighted by Gasteiger charge is -2.29. The molecule has 0 aromatic rings. The summed E-state index contributed by atoms with van der Waals surface area (Å²) in [5, 5.41) is 3.08. The van der Waals surface area contributed by atoms with Crippen LogP contribution >= 0.6 is 0 Å². The van der Waals surface area contributed by atoms with E-state index in [2.05, 4.69) is 24.1 Å². The van der Waals surface area contributed by atoms with Crippen LogP contribution < -0.4 is 5.32 Å². The number of esters is 1. The van der Waals surface area contributed by atoms with Gasteiger partial charge < -0.3 is 15.0 Å². The Labute approximate surface area is 106 Å². The fourth-order valence-electron chi connectivity index (χ4n) is 1.75. The molecule has 0 aliphatic heterocycles. The highest BCUT2D eigenvalue weighted by molar-refractivity contribution is 5.80. The van der Waals surface area contributed by atoms with E-state index in [0.717, 1.165) is 32.5 Å². The molecule has 0 saturated heterocycles. The Morgan fingerprint density at radius 1 is 1.29 bits per heavy atom. The largest absolute Gasteiger partial charge is 0.465 e. The van der Waals surface area contributed by atoms with Gasteiger partial charge in [-0.05, 0) is 46.8 Å².